The first kappa shape index (κ1) is 14.4. The van der Waals surface area contributed by atoms with Gasteiger partial charge in [0.1, 0.15) is 6.61 Å². The zero-order valence-electron chi connectivity index (χ0n) is 11.4. The zero-order valence-corrected chi connectivity index (χ0v) is 12.2. The number of hydrogen-bond acceptors (Lipinski definition) is 3. The fourth-order valence-electron chi connectivity index (χ4n) is 1.93. The summed E-state index contributed by atoms with van der Waals surface area (Å²) in [6.07, 6.45) is 0. The predicted octanol–water partition coefficient (Wildman–Crippen LogP) is 3.90. The first-order valence-electron chi connectivity index (χ1n) is 6.26. The Labute approximate surface area is 123 Å². The first-order valence-corrected chi connectivity index (χ1v) is 6.64. The van der Waals surface area contributed by atoms with Gasteiger partial charge in [-0.15, -0.1) is 0 Å². The topological polar surface area (TPSA) is 52.3 Å². The molecule has 0 saturated carbocycles. The second-order valence-corrected chi connectivity index (χ2v) is 5.11. The number of ether oxygens (including phenoxy) is 1. The molecule has 2 aromatic rings. The largest absolute Gasteiger partial charge is 0.457 e. The summed E-state index contributed by atoms with van der Waals surface area (Å²) in [5.41, 5.74) is 9.59. The summed E-state index contributed by atoms with van der Waals surface area (Å²) in [4.78, 5) is 12.0. The summed E-state index contributed by atoms with van der Waals surface area (Å²) in [7, 11) is 0. The van der Waals surface area contributed by atoms with E-state index < -0.39 is 0 Å². The predicted molar refractivity (Wildman–Crippen MR) is 80.9 cm³/mol. The lowest BCUT2D eigenvalue weighted by Gasteiger charge is -2.11. The Morgan fingerprint density at radius 3 is 2.65 bits per heavy atom. The maximum absolute atomic E-state index is 12.0. The number of carbonyl (C=O) groups excluding carboxylic acids is 1. The van der Waals surface area contributed by atoms with E-state index in [0.717, 1.165) is 16.7 Å². The molecule has 20 heavy (non-hydrogen) atoms. The third-order valence-electron chi connectivity index (χ3n) is 3.24. The van der Waals surface area contributed by atoms with E-state index in [1.165, 1.54) is 0 Å². The summed E-state index contributed by atoms with van der Waals surface area (Å²) < 4.78 is 5.33. The molecule has 0 radical (unpaired) electrons. The number of halogens is 1. The van der Waals surface area contributed by atoms with Crippen LogP contribution < -0.4 is 5.73 Å². The lowest BCUT2D eigenvalue weighted by atomic mass is 10.1. The summed E-state index contributed by atoms with van der Waals surface area (Å²) in [6.45, 7) is 3.91. The average molecular weight is 290 g/mol. The van der Waals surface area contributed by atoms with Crippen LogP contribution in [-0.4, -0.2) is 5.97 Å². The quantitative estimate of drug-likeness (QED) is 0.689. The highest BCUT2D eigenvalue weighted by Crippen LogP contribution is 2.23. The monoisotopic (exact) mass is 289 g/mol. The number of carbonyl (C=O) groups is 1. The van der Waals surface area contributed by atoms with Crippen LogP contribution in [0, 0.1) is 13.8 Å². The van der Waals surface area contributed by atoms with Gasteiger partial charge in [0.25, 0.3) is 0 Å². The third kappa shape index (κ3) is 3.11. The fourth-order valence-corrected chi connectivity index (χ4v) is 2.18. The van der Waals surface area contributed by atoms with Crippen LogP contribution in [0.3, 0.4) is 0 Å². The standard InChI is InChI=1S/C16H16ClNO2/c1-10-5-3-4-6-14(10)16(19)20-9-12-7-13(17)8-15(18)11(12)2/h3-8H,9,18H2,1-2H3. The van der Waals surface area contributed by atoms with Crippen LogP contribution in [0.25, 0.3) is 0 Å². The van der Waals surface area contributed by atoms with Crippen LogP contribution in [0.1, 0.15) is 27.0 Å². The highest BCUT2D eigenvalue weighted by atomic mass is 35.5. The van der Waals surface area contributed by atoms with Gasteiger partial charge in [-0.25, -0.2) is 4.79 Å². The third-order valence-corrected chi connectivity index (χ3v) is 3.46. The second-order valence-electron chi connectivity index (χ2n) is 4.67. The highest BCUT2D eigenvalue weighted by Gasteiger charge is 2.11. The van der Waals surface area contributed by atoms with Crippen molar-refractivity contribution < 1.29 is 9.53 Å². The number of esters is 1. The molecule has 2 N–H and O–H groups in total. The number of nitrogens with two attached hydrogens (primary N) is 1. The van der Waals surface area contributed by atoms with E-state index in [2.05, 4.69) is 0 Å². The van der Waals surface area contributed by atoms with Crippen LogP contribution in [0.15, 0.2) is 36.4 Å². The van der Waals surface area contributed by atoms with Crippen molar-refractivity contribution in [2.45, 2.75) is 20.5 Å². The van der Waals surface area contributed by atoms with Crippen LogP contribution in [0.4, 0.5) is 5.69 Å². The Morgan fingerprint density at radius 1 is 1.25 bits per heavy atom. The van der Waals surface area contributed by atoms with Gasteiger partial charge < -0.3 is 10.5 Å². The average Bonchev–Trinajstić information content (AvgIpc) is 2.41. The molecule has 2 rings (SSSR count). The SMILES string of the molecule is Cc1ccccc1C(=O)OCc1cc(Cl)cc(N)c1C. The van der Waals surface area contributed by atoms with Gasteiger partial charge in [-0.05, 0) is 48.7 Å². The van der Waals surface area contributed by atoms with Crippen LogP contribution in [0.5, 0.6) is 0 Å². The van der Waals surface area contributed by atoms with E-state index in [1.54, 1.807) is 18.2 Å². The van der Waals surface area contributed by atoms with Crippen molar-refractivity contribution in [3.8, 4) is 0 Å². The van der Waals surface area contributed by atoms with Crippen LogP contribution in [0.2, 0.25) is 5.02 Å². The Balaban J connectivity index is 2.14. The molecule has 0 fully saturated rings. The van der Waals surface area contributed by atoms with Crippen molar-refractivity contribution in [1.82, 2.24) is 0 Å². The molecule has 0 aliphatic rings. The number of benzene rings is 2. The minimum atomic E-state index is -0.346. The maximum Gasteiger partial charge on any atom is 0.338 e. The highest BCUT2D eigenvalue weighted by molar-refractivity contribution is 6.31. The fraction of sp³-hybridized carbons (Fsp3) is 0.188. The Kier molecular flexibility index (Phi) is 4.30. The van der Waals surface area contributed by atoms with E-state index in [1.807, 2.05) is 32.0 Å². The smallest absolute Gasteiger partial charge is 0.338 e. The van der Waals surface area contributed by atoms with Crippen molar-refractivity contribution >= 4 is 23.3 Å². The first-order chi connectivity index (χ1) is 9.49. The molecule has 104 valence electrons. The molecule has 0 unspecified atom stereocenters. The lowest BCUT2D eigenvalue weighted by Crippen LogP contribution is -2.08. The minimum absolute atomic E-state index is 0.157. The number of nitrogen functional groups attached to an aromatic ring is 1. The number of anilines is 1. The summed E-state index contributed by atoms with van der Waals surface area (Å²) in [5, 5.41) is 0.537. The Hall–Kier alpha value is -2.00. The van der Waals surface area contributed by atoms with Crippen molar-refractivity contribution in [1.29, 1.82) is 0 Å². The summed E-state index contributed by atoms with van der Waals surface area (Å²) >= 11 is 5.96. The molecule has 0 amide bonds. The van der Waals surface area contributed by atoms with Crippen molar-refractivity contribution in [3.63, 3.8) is 0 Å². The molecular formula is C16H16ClNO2. The maximum atomic E-state index is 12.0. The van der Waals surface area contributed by atoms with E-state index in [-0.39, 0.29) is 12.6 Å². The minimum Gasteiger partial charge on any atom is -0.457 e. The van der Waals surface area contributed by atoms with Crippen molar-refractivity contribution in [2.75, 3.05) is 5.73 Å². The van der Waals surface area contributed by atoms with Crippen LogP contribution >= 0.6 is 11.6 Å². The van der Waals surface area contributed by atoms with Crippen molar-refractivity contribution in [3.05, 3.63) is 63.7 Å². The molecule has 3 nitrogen and oxygen atoms in total. The number of rotatable bonds is 3. The number of aryl methyl sites for hydroxylation is 1. The molecule has 0 saturated heterocycles. The molecule has 0 bridgehead atoms. The molecule has 2 aromatic carbocycles. The molecule has 0 atom stereocenters. The van der Waals surface area contributed by atoms with Gasteiger partial charge in [0.2, 0.25) is 0 Å². The van der Waals surface area contributed by atoms with E-state index in [0.29, 0.717) is 16.3 Å². The van der Waals surface area contributed by atoms with Gasteiger partial charge in [0.15, 0.2) is 0 Å². The van der Waals surface area contributed by atoms with Gasteiger partial charge >= 0.3 is 5.97 Å². The summed E-state index contributed by atoms with van der Waals surface area (Å²) in [5.74, 6) is -0.346. The van der Waals surface area contributed by atoms with E-state index >= 15 is 0 Å². The van der Waals surface area contributed by atoms with Crippen LogP contribution in [-0.2, 0) is 11.3 Å². The lowest BCUT2D eigenvalue weighted by molar-refractivity contribution is 0.0471. The van der Waals surface area contributed by atoms with E-state index in [4.69, 9.17) is 22.1 Å². The summed E-state index contributed by atoms with van der Waals surface area (Å²) in [6, 6.07) is 10.8. The van der Waals surface area contributed by atoms with Gasteiger partial charge in [0, 0.05) is 10.7 Å². The van der Waals surface area contributed by atoms with E-state index in [9.17, 15) is 4.79 Å². The van der Waals surface area contributed by atoms with Crippen molar-refractivity contribution in [2.24, 2.45) is 0 Å². The Morgan fingerprint density at radius 2 is 1.95 bits per heavy atom. The number of hydrogen-bond donors (Lipinski definition) is 1. The second kappa shape index (κ2) is 5.97. The Bertz CT molecular complexity index is 653. The molecule has 0 aliphatic heterocycles. The van der Waals surface area contributed by atoms with Gasteiger partial charge in [-0.3, -0.25) is 0 Å². The van der Waals surface area contributed by atoms with Gasteiger partial charge in [-0.2, -0.15) is 0 Å². The molecule has 0 spiro atoms. The van der Waals surface area contributed by atoms with Gasteiger partial charge in [0.05, 0.1) is 5.56 Å². The molecule has 4 heteroatoms. The molecule has 0 aromatic heterocycles. The molecule has 0 aliphatic carbocycles. The van der Waals surface area contributed by atoms with Gasteiger partial charge in [-0.1, -0.05) is 29.8 Å². The normalized spacial score (nSPS) is 10.3. The molecular weight excluding hydrogens is 274 g/mol. The zero-order chi connectivity index (χ0) is 14.7. The molecule has 0 heterocycles.